The third-order valence-electron chi connectivity index (χ3n) is 5.08. The number of rotatable bonds is 9. The van der Waals surface area contributed by atoms with Gasteiger partial charge in [-0.25, -0.2) is 19.7 Å². The molecule has 3 heterocycles. The fourth-order valence-electron chi connectivity index (χ4n) is 3.35. The number of benzene rings is 1. The molecule has 176 valence electrons. The number of anilines is 3. The summed E-state index contributed by atoms with van der Waals surface area (Å²) >= 11 is 0. The van der Waals surface area contributed by atoms with Gasteiger partial charge in [0.25, 0.3) is 0 Å². The maximum absolute atomic E-state index is 12.6. The third-order valence-corrected chi connectivity index (χ3v) is 5.08. The summed E-state index contributed by atoms with van der Waals surface area (Å²) in [7, 11) is 6.53. The van der Waals surface area contributed by atoms with E-state index >= 15 is 0 Å². The second-order valence-electron chi connectivity index (χ2n) is 7.26. The number of fused-ring (bicyclic) bond motifs is 1. The number of imidazole rings is 1. The van der Waals surface area contributed by atoms with Crippen molar-refractivity contribution in [3.8, 4) is 17.0 Å². The Morgan fingerprint density at radius 1 is 1.06 bits per heavy atom. The third kappa shape index (κ3) is 4.59. The van der Waals surface area contributed by atoms with Crippen LogP contribution >= 0.6 is 0 Å². The molecule has 11 nitrogen and oxygen atoms in total. The SMILES string of the molecule is CNc1nc(Nc2ccc(OCCOC)cc2)c(C(=O)OC)nc1-c1cncc2c1ncn2C. The molecule has 0 radical (unpaired) electrons. The monoisotopic (exact) mass is 463 g/mol. The van der Waals surface area contributed by atoms with Crippen molar-refractivity contribution in [3.63, 3.8) is 0 Å². The van der Waals surface area contributed by atoms with Gasteiger partial charge in [-0.05, 0) is 24.3 Å². The lowest BCUT2D eigenvalue weighted by Gasteiger charge is -2.15. The quantitative estimate of drug-likeness (QED) is 0.283. The molecular formula is C23H25N7O4. The fourth-order valence-corrected chi connectivity index (χ4v) is 3.35. The van der Waals surface area contributed by atoms with Gasteiger partial charge in [0.15, 0.2) is 17.3 Å². The Hall–Kier alpha value is -4.25. The molecule has 0 aliphatic carbocycles. The minimum Gasteiger partial charge on any atom is -0.491 e. The molecule has 34 heavy (non-hydrogen) atoms. The van der Waals surface area contributed by atoms with Crippen LogP contribution in [0.1, 0.15) is 10.5 Å². The van der Waals surface area contributed by atoms with Crippen LogP contribution in [0.4, 0.5) is 17.3 Å². The van der Waals surface area contributed by atoms with Gasteiger partial charge in [0, 0.05) is 33.1 Å². The van der Waals surface area contributed by atoms with Gasteiger partial charge in [-0.2, -0.15) is 0 Å². The number of aromatic nitrogens is 5. The highest BCUT2D eigenvalue weighted by molar-refractivity contribution is 5.98. The second-order valence-corrected chi connectivity index (χ2v) is 7.26. The summed E-state index contributed by atoms with van der Waals surface area (Å²) in [5.74, 6) is 0.771. The van der Waals surface area contributed by atoms with Gasteiger partial charge in [0.2, 0.25) is 0 Å². The van der Waals surface area contributed by atoms with Crippen LogP contribution in [0.5, 0.6) is 5.75 Å². The van der Waals surface area contributed by atoms with Gasteiger partial charge < -0.3 is 29.4 Å². The lowest BCUT2D eigenvalue weighted by atomic mass is 10.1. The molecular weight excluding hydrogens is 438 g/mol. The highest BCUT2D eigenvalue weighted by atomic mass is 16.5. The van der Waals surface area contributed by atoms with Crippen LogP contribution in [0.15, 0.2) is 43.0 Å². The Balaban J connectivity index is 1.73. The summed E-state index contributed by atoms with van der Waals surface area (Å²) in [6.45, 7) is 0.949. The summed E-state index contributed by atoms with van der Waals surface area (Å²) in [5, 5.41) is 6.20. The van der Waals surface area contributed by atoms with Gasteiger partial charge in [-0.1, -0.05) is 0 Å². The normalized spacial score (nSPS) is 10.8. The van der Waals surface area contributed by atoms with E-state index in [1.54, 1.807) is 32.9 Å². The van der Waals surface area contributed by atoms with E-state index in [-0.39, 0.29) is 11.5 Å². The van der Waals surface area contributed by atoms with Gasteiger partial charge in [-0.3, -0.25) is 4.98 Å². The number of methoxy groups -OCH3 is 2. The van der Waals surface area contributed by atoms with Crippen LogP contribution < -0.4 is 15.4 Å². The summed E-state index contributed by atoms with van der Waals surface area (Å²) in [6.07, 6.45) is 5.07. The number of pyridine rings is 1. The largest absolute Gasteiger partial charge is 0.491 e. The van der Waals surface area contributed by atoms with Gasteiger partial charge in [0.05, 0.1) is 37.3 Å². The molecule has 0 aliphatic rings. The van der Waals surface area contributed by atoms with Crippen molar-refractivity contribution in [1.29, 1.82) is 0 Å². The van der Waals surface area contributed by atoms with Crippen molar-refractivity contribution in [1.82, 2.24) is 24.5 Å². The molecule has 0 fully saturated rings. The first-order chi connectivity index (χ1) is 16.5. The fraction of sp³-hybridized carbons (Fsp3) is 0.261. The molecule has 2 N–H and O–H groups in total. The first-order valence-electron chi connectivity index (χ1n) is 10.5. The van der Waals surface area contributed by atoms with Crippen LogP contribution in [0, 0.1) is 0 Å². The zero-order valence-corrected chi connectivity index (χ0v) is 19.3. The molecule has 0 amide bonds. The van der Waals surface area contributed by atoms with Crippen LogP contribution in [0.2, 0.25) is 0 Å². The van der Waals surface area contributed by atoms with Crippen molar-refractivity contribution in [2.24, 2.45) is 7.05 Å². The Kier molecular flexibility index (Phi) is 6.83. The molecule has 0 spiro atoms. The van der Waals surface area contributed by atoms with Gasteiger partial charge in [-0.15, -0.1) is 0 Å². The molecule has 0 saturated carbocycles. The highest BCUT2D eigenvalue weighted by Gasteiger charge is 2.23. The topological polar surface area (TPSA) is 125 Å². The van der Waals surface area contributed by atoms with E-state index < -0.39 is 5.97 Å². The van der Waals surface area contributed by atoms with Crippen LogP contribution in [-0.2, 0) is 16.5 Å². The number of ether oxygens (including phenoxy) is 3. The minimum absolute atomic E-state index is 0.0323. The zero-order valence-electron chi connectivity index (χ0n) is 19.3. The van der Waals surface area contributed by atoms with Gasteiger partial charge >= 0.3 is 5.97 Å². The predicted octanol–water partition coefficient (Wildman–Crippen LogP) is 3.02. The van der Waals surface area contributed by atoms with Crippen LogP contribution in [0.25, 0.3) is 22.3 Å². The maximum atomic E-state index is 12.6. The Bertz CT molecular complexity index is 1300. The average Bonchev–Trinajstić information content (AvgIpc) is 3.25. The number of carbonyl (C=O) groups excluding carboxylic acids is 1. The summed E-state index contributed by atoms with van der Waals surface area (Å²) in [6, 6.07) is 7.25. The highest BCUT2D eigenvalue weighted by Crippen LogP contribution is 2.32. The van der Waals surface area contributed by atoms with Crippen molar-refractivity contribution in [2.45, 2.75) is 0 Å². The lowest BCUT2D eigenvalue weighted by molar-refractivity contribution is 0.0595. The number of carbonyl (C=O) groups is 1. The summed E-state index contributed by atoms with van der Waals surface area (Å²) < 4.78 is 17.4. The van der Waals surface area contributed by atoms with Crippen LogP contribution in [0.3, 0.4) is 0 Å². The van der Waals surface area contributed by atoms with E-state index in [1.807, 2.05) is 35.9 Å². The number of nitrogens with one attached hydrogen (secondary N) is 2. The minimum atomic E-state index is -0.625. The van der Waals surface area contributed by atoms with Crippen molar-refractivity contribution >= 4 is 34.3 Å². The molecule has 0 aliphatic heterocycles. The first kappa shape index (κ1) is 22.9. The molecule has 0 atom stereocenters. The number of hydrogen-bond donors (Lipinski definition) is 2. The summed E-state index contributed by atoms with van der Waals surface area (Å²) in [5.41, 5.74) is 3.34. The van der Waals surface area contributed by atoms with E-state index in [0.29, 0.717) is 47.2 Å². The van der Waals surface area contributed by atoms with Crippen LogP contribution in [-0.4, -0.2) is 65.0 Å². The van der Waals surface area contributed by atoms with E-state index in [4.69, 9.17) is 14.2 Å². The molecule has 4 rings (SSSR count). The van der Waals surface area contributed by atoms with Gasteiger partial charge in [0.1, 0.15) is 23.6 Å². The molecule has 11 heteroatoms. The Morgan fingerprint density at radius 3 is 2.56 bits per heavy atom. The molecule has 4 aromatic rings. The average molecular weight is 463 g/mol. The second kappa shape index (κ2) is 10.1. The molecule has 0 saturated heterocycles. The Morgan fingerprint density at radius 2 is 1.85 bits per heavy atom. The summed E-state index contributed by atoms with van der Waals surface area (Å²) in [4.78, 5) is 30.6. The van der Waals surface area contributed by atoms with E-state index in [9.17, 15) is 4.79 Å². The number of esters is 1. The molecule has 1 aromatic carbocycles. The molecule has 0 unspecified atom stereocenters. The predicted molar refractivity (Wildman–Crippen MR) is 128 cm³/mol. The van der Waals surface area contributed by atoms with E-state index in [0.717, 1.165) is 5.52 Å². The van der Waals surface area contributed by atoms with E-state index in [1.165, 1.54) is 7.11 Å². The van der Waals surface area contributed by atoms with E-state index in [2.05, 4.69) is 30.6 Å². The molecule has 0 bridgehead atoms. The maximum Gasteiger partial charge on any atom is 0.360 e. The Labute approximate surface area is 196 Å². The first-order valence-corrected chi connectivity index (χ1v) is 10.5. The number of hydrogen-bond acceptors (Lipinski definition) is 10. The standard InChI is InChI=1S/C23H25N7O4/c1-24-21-19(16-11-25-12-17-18(16)26-13-30(17)2)28-20(23(31)33-4)22(29-21)27-14-5-7-15(8-6-14)34-10-9-32-3/h5-8,11-13H,9-10H2,1-4H3,(H2,24,27,29). The zero-order chi connectivity index (χ0) is 24.1. The smallest absolute Gasteiger partial charge is 0.360 e. The van der Waals surface area contributed by atoms with Crippen molar-refractivity contribution in [2.75, 3.05) is 45.1 Å². The lowest BCUT2D eigenvalue weighted by Crippen LogP contribution is -2.13. The van der Waals surface area contributed by atoms with Crippen molar-refractivity contribution in [3.05, 3.63) is 48.7 Å². The van der Waals surface area contributed by atoms with Crippen molar-refractivity contribution < 1.29 is 19.0 Å². The number of aryl methyl sites for hydroxylation is 1. The molecule has 3 aromatic heterocycles. The number of nitrogens with zero attached hydrogens (tertiary/aromatic N) is 5.